The van der Waals surface area contributed by atoms with E-state index in [0.29, 0.717) is 32.2 Å². The lowest BCUT2D eigenvalue weighted by Crippen LogP contribution is -2.14. The van der Waals surface area contributed by atoms with Gasteiger partial charge in [0, 0.05) is 6.20 Å². The molecule has 0 radical (unpaired) electrons. The van der Waals surface area contributed by atoms with Crippen molar-refractivity contribution in [2.45, 2.75) is 6.92 Å². The largest absolute Gasteiger partial charge is 0.495 e. The first-order valence-electron chi connectivity index (χ1n) is 7.94. The van der Waals surface area contributed by atoms with E-state index in [4.69, 9.17) is 4.74 Å². The van der Waals surface area contributed by atoms with Gasteiger partial charge in [-0.05, 0) is 36.8 Å². The Hall–Kier alpha value is -3.19. The molecule has 1 N–H and O–H groups in total. The third kappa shape index (κ3) is 2.72. The van der Waals surface area contributed by atoms with Crippen LogP contribution < -0.4 is 15.6 Å². The Morgan fingerprint density at radius 1 is 1.23 bits per heavy atom. The average Bonchev–Trinajstić information content (AvgIpc) is 3.07. The van der Waals surface area contributed by atoms with Crippen LogP contribution >= 0.6 is 11.3 Å². The van der Waals surface area contributed by atoms with Crippen molar-refractivity contribution in [3.05, 3.63) is 69.5 Å². The molecule has 6 nitrogen and oxygen atoms in total. The number of thiophene rings is 1. The molecule has 4 rings (SSSR count). The minimum atomic E-state index is -0.304. The molecule has 0 fully saturated rings. The summed E-state index contributed by atoms with van der Waals surface area (Å²) in [5, 5.41) is 3.25. The number of carbonyl (C=O) groups excluding carboxylic acids is 1. The fraction of sp³-hybridized carbons (Fsp3) is 0.105. The number of hydrogen-bond acceptors (Lipinski definition) is 5. The highest BCUT2D eigenvalue weighted by Gasteiger charge is 2.16. The first-order valence-corrected chi connectivity index (χ1v) is 8.75. The van der Waals surface area contributed by atoms with Crippen LogP contribution in [0.5, 0.6) is 5.75 Å². The molecule has 130 valence electrons. The van der Waals surface area contributed by atoms with Gasteiger partial charge in [0.05, 0.1) is 23.1 Å². The molecule has 0 aliphatic heterocycles. The van der Waals surface area contributed by atoms with Gasteiger partial charge in [-0.2, -0.15) is 0 Å². The molecule has 0 bridgehead atoms. The Balaban J connectivity index is 1.77. The molecule has 0 spiro atoms. The van der Waals surface area contributed by atoms with Crippen molar-refractivity contribution in [3.8, 4) is 5.75 Å². The summed E-state index contributed by atoms with van der Waals surface area (Å²) in [6.07, 6.45) is 1.75. The van der Waals surface area contributed by atoms with E-state index in [1.807, 2.05) is 25.1 Å². The Bertz CT molecular complexity index is 1210. The van der Waals surface area contributed by atoms with Crippen LogP contribution in [0.1, 0.15) is 15.2 Å². The first-order chi connectivity index (χ1) is 12.6. The van der Waals surface area contributed by atoms with Crippen molar-refractivity contribution in [2.75, 3.05) is 12.4 Å². The summed E-state index contributed by atoms with van der Waals surface area (Å²) in [4.78, 5) is 30.8. The summed E-state index contributed by atoms with van der Waals surface area (Å²) < 4.78 is 6.75. The number of ether oxygens (including phenoxy) is 1. The smallest absolute Gasteiger partial charge is 0.266 e. The summed E-state index contributed by atoms with van der Waals surface area (Å²) in [5.41, 5.74) is 1.92. The van der Waals surface area contributed by atoms with Crippen molar-refractivity contribution < 1.29 is 9.53 Å². The number of pyridine rings is 1. The second-order valence-corrected chi connectivity index (χ2v) is 6.87. The number of benzene rings is 1. The number of aromatic nitrogens is 2. The zero-order valence-electron chi connectivity index (χ0n) is 14.1. The minimum absolute atomic E-state index is 0.179. The maximum absolute atomic E-state index is 12.7. The molecule has 0 saturated carbocycles. The number of nitrogens with zero attached hydrogens (tertiary/aromatic N) is 2. The number of aryl methyl sites for hydroxylation is 1. The third-order valence-corrected chi connectivity index (χ3v) is 5.06. The predicted molar refractivity (Wildman–Crippen MR) is 103 cm³/mol. The molecular weight excluding hydrogens is 350 g/mol. The van der Waals surface area contributed by atoms with Gasteiger partial charge in [-0.3, -0.25) is 14.0 Å². The second-order valence-electron chi connectivity index (χ2n) is 5.84. The van der Waals surface area contributed by atoms with E-state index in [1.54, 1.807) is 37.6 Å². The molecule has 26 heavy (non-hydrogen) atoms. The number of carbonyl (C=O) groups is 1. The van der Waals surface area contributed by atoms with Crippen molar-refractivity contribution in [3.63, 3.8) is 0 Å². The van der Waals surface area contributed by atoms with Crippen LogP contribution in [0.3, 0.4) is 0 Å². The van der Waals surface area contributed by atoms with E-state index in [9.17, 15) is 9.59 Å². The number of para-hydroxylation sites is 2. The standard InChI is InChI=1S/C19H15N3O3S/c1-11-7-8-16-21-18-12(19(24)22(16)10-11)9-15(26-18)17(23)20-13-5-3-4-6-14(13)25-2/h3-10H,1-2H3,(H,20,23). The molecule has 0 aliphatic carbocycles. The molecule has 0 saturated heterocycles. The molecule has 3 heterocycles. The highest BCUT2D eigenvalue weighted by molar-refractivity contribution is 7.20. The summed E-state index contributed by atoms with van der Waals surface area (Å²) >= 11 is 1.19. The Morgan fingerprint density at radius 3 is 2.85 bits per heavy atom. The number of anilines is 1. The second kappa shape index (κ2) is 6.27. The minimum Gasteiger partial charge on any atom is -0.495 e. The highest BCUT2D eigenvalue weighted by atomic mass is 32.1. The first kappa shape index (κ1) is 16.3. The fourth-order valence-corrected chi connectivity index (χ4v) is 3.67. The number of rotatable bonds is 3. The van der Waals surface area contributed by atoms with Crippen molar-refractivity contribution in [2.24, 2.45) is 0 Å². The molecule has 0 aliphatic rings. The van der Waals surface area contributed by atoms with E-state index < -0.39 is 0 Å². The topological polar surface area (TPSA) is 72.7 Å². The van der Waals surface area contributed by atoms with Gasteiger partial charge in [-0.25, -0.2) is 4.98 Å². The number of nitrogens with one attached hydrogen (secondary N) is 1. The summed E-state index contributed by atoms with van der Waals surface area (Å²) in [7, 11) is 1.54. The number of amides is 1. The zero-order valence-corrected chi connectivity index (χ0v) is 15.0. The van der Waals surface area contributed by atoms with Crippen molar-refractivity contribution in [1.82, 2.24) is 9.38 Å². The maximum atomic E-state index is 12.7. The van der Waals surface area contributed by atoms with Crippen LogP contribution in [0, 0.1) is 6.92 Å². The number of methoxy groups -OCH3 is 1. The van der Waals surface area contributed by atoms with Crippen LogP contribution in [0.4, 0.5) is 5.69 Å². The van der Waals surface area contributed by atoms with Gasteiger partial charge in [0.2, 0.25) is 0 Å². The van der Waals surface area contributed by atoms with Gasteiger partial charge in [-0.1, -0.05) is 18.2 Å². The quantitative estimate of drug-likeness (QED) is 0.603. The van der Waals surface area contributed by atoms with Crippen LogP contribution in [0.2, 0.25) is 0 Å². The van der Waals surface area contributed by atoms with Gasteiger partial charge < -0.3 is 10.1 Å². The lowest BCUT2D eigenvalue weighted by atomic mass is 10.2. The van der Waals surface area contributed by atoms with Crippen LogP contribution in [0.25, 0.3) is 15.9 Å². The number of hydrogen-bond donors (Lipinski definition) is 1. The normalized spacial score (nSPS) is 11.0. The molecule has 1 amide bonds. The molecule has 0 unspecified atom stereocenters. The summed E-state index contributed by atoms with van der Waals surface area (Å²) in [6, 6.07) is 12.5. The van der Waals surface area contributed by atoms with E-state index in [2.05, 4.69) is 10.3 Å². The Labute approximate surface area is 152 Å². The molecular formula is C19H15N3O3S. The van der Waals surface area contributed by atoms with E-state index >= 15 is 0 Å². The Kier molecular flexibility index (Phi) is 3.93. The van der Waals surface area contributed by atoms with Crippen LogP contribution in [-0.4, -0.2) is 22.4 Å². The third-order valence-electron chi connectivity index (χ3n) is 4.03. The van der Waals surface area contributed by atoms with Gasteiger partial charge >= 0.3 is 0 Å². The lowest BCUT2D eigenvalue weighted by Gasteiger charge is -2.08. The predicted octanol–water partition coefficient (Wildman–Crippen LogP) is 3.48. The van der Waals surface area contributed by atoms with Crippen LogP contribution in [0.15, 0.2) is 53.5 Å². The van der Waals surface area contributed by atoms with Crippen molar-refractivity contribution >= 4 is 38.8 Å². The lowest BCUT2D eigenvalue weighted by molar-refractivity contribution is 0.103. The van der Waals surface area contributed by atoms with Crippen LogP contribution in [-0.2, 0) is 0 Å². The van der Waals surface area contributed by atoms with Crippen molar-refractivity contribution in [1.29, 1.82) is 0 Å². The highest BCUT2D eigenvalue weighted by Crippen LogP contribution is 2.26. The summed E-state index contributed by atoms with van der Waals surface area (Å²) in [6.45, 7) is 1.91. The molecule has 7 heteroatoms. The average molecular weight is 365 g/mol. The monoisotopic (exact) mass is 365 g/mol. The summed E-state index contributed by atoms with van der Waals surface area (Å²) in [5.74, 6) is 0.267. The SMILES string of the molecule is COc1ccccc1NC(=O)c1cc2c(=O)n3cc(C)ccc3nc2s1. The van der Waals surface area contributed by atoms with Gasteiger partial charge in [-0.15, -0.1) is 11.3 Å². The molecule has 4 aromatic rings. The van der Waals surface area contributed by atoms with Gasteiger partial charge in [0.1, 0.15) is 16.2 Å². The van der Waals surface area contributed by atoms with E-state index in [-0.39, 0.29) is 11.5 Å². The van der Waals surface area contributed by atoms with Gasteiger partial charge in [0.25, 0.3) is 11.5 Å². The molecule has 0 atom stereocenters. The van der Waals surface area contributed by atoms with E-state index in [0.717, 1.165) is 5.56 Å². The number of fused-ring (bicyclic) bond motifs is 2. The molecule has 3 aromatic heterocycles. The van der Waals surface area contributed by atoms with Gasteiger partial charge in [0.15, 0.2) is 0 Å². The zero-order chi connectivity index (χ0) is 18.3. The van der Waals surface area contributed by atoms with E-state index in [1.165, 1.54) is 15.7 Å². The fourth-order valence-electron chi connectivity index (χ4n) is 2.75. The Morgan fingerprint density at radius 2 is 2.04 bits per heavy atom. The molecule has 1 aromatic carbocycles. The maximum Gasteiger partial charge on any atom is 0.266 e.